The lowest BCUT2D eigenvalue weighted by molar-refractivity contribution is -0.117. The molecule has 0 saturated heterocycles. The summed E-state index contributed by atoms with van der Waals surface area (Å²) in [5.74, 6) is 2.65. The summed E-state index contributed by atoms with van der Waals surface area (Å²) in [7, 11) is 0. The molecule has 4 aliphatic rings. The second-order valence-corrected chi connectivity index (χ2v) is 10.5. The fraction of sp³-hybridized carbons (Fsp3) is 0.552. The lowest BCUT2D eigenvalue weighted by Crippen LogP contribution is -2.50. The predicted molar refractivity (Wildman–Crippen MR) is 130 cm³/mol. The summed E-state index contributed by atoms with van der Waals surface area (Å²) in [4.78, 5) is 12.0. The Balaban J connectivity index is 0.000000994. The van der Waals surface area contributed by atoms with Gasteiger partial charge >= 0.3 is 0 Å². The third kappa shape index (κ3) is 2.93. The zero-order chi connectivity index (χ0) is 21.8. The van der Waals surface area contributed by atoms with Gasteiger partial charge in [0.05, 0.1) is 5.52 Å². The molecule has 0 bridgehead atoms. The Labute approximate surface area is 187 Å². The van der Waals surface area contributed by atoms with E-state index in [-0.39, 0.29) is 10.8 Å². The average Bonchev–Trinajstić information content (AvgIpc) is 3.36. The predicted octanol–water partition coefficient (Wildman–Crippen LogP) is 7.65. The van der Waals surface area contributed by atoms with E-state index in [9.17, 15) is 4.79 Å². The van der Waals surface area contributed by atoms with Crippen molar-refractivity contribution in [3.8, 4) is 0 Å². The van der Waals surface area contributed by atoms with Gasteiger partial charge in [0.1, 0.15) is 0 Å². The highest BCUT2D eigenvalue weighted by Crippen LogP contribution is 2.66. The molecule has 6 rings (SSSR count). The van der Waals surface area contributed by atoms with Gasteiger partial charge in [-0.3, -0.25) is 4.79 Å². The Bertz CT molecular complexity index is 1070. The van der Waals surface area contributed by atoms with Crippen molar-refractivity contribution in [2.45, 2.75) is 72.6 Å². The number of para-hydroxylation sites is 1. The van der Waals surface area contributed by atoms with Crippen LogP contribution < -0.4 is 0 Å². The molecule has 164 valence electrons. The van der Waals surface area contributed by atoms with Gasteiger partial charge in [-0.2, -0.15) is 0 Å². The molecule has 3 unspecified atom stereocenters. The van der Waals surface area contributed by atoms with E-state index in [1.54, 1.807) is 0 Å². The molecule has 1 aromatic carbocycles. The zero-order valence-corrected chi connectivity index (χ0v) is 19.7. The van der Waals surface area contributed by atoms with Gasteiger partial charge in [-0.05, 0) is 85.3 Å². The van der Waals surface area contributed by atoms with Gasteiger partial charge in [-0.1, -0.05) is 57.5 Å². The van der Waals surface area contributed by atoms with Gasteiger partial charge in [-0.15, -0.1) is 0 Å². The third-order valence-corrected chi connectivity index (χ3v) is 9.36. The molecule has 0 N–H and O–H groups in total. The summed E-state index contributed by atoms with van der Waals surface area (Å²) in [6, 6.07) is 11.0. The lowest BCUT2D eigenvalue weighted by Gasteiger charge is -2.57. The maximum Gasteiger partial charge on any atom is 0.155 e. The highest BCUT2D eigenvalue weighted by molar-refractivity contribution is 5.91. The Hall–Kier alpha value is -2.09. The van der Waals surface area contributed by atoms with Crippen LogP contribution in [0.1, 0.15) is 72.6 Å². The number of fused-ring (bicyclic) bond motifs is 6. The van der Waals surface area contributed by atoms with E-state index in [0.29, 0.717) is 5.78 Å². The number of carbonyl (C=O) groups excluding carboxylic acids is 1. The number of carbonyl (C=O) groups is 1. The van der Waals surface area contributed by atoms with Gasteiger partial charge in [0, 0.05) is 23.7 Å². The van der Waals surface area contributed by atoms with E-state index < -0.39 is 0 Å². The summed E-state index contributed by atoms with van der Waals surface area (Å²) >= 11 is 0. The number of benzene rings is 1. The topological polar surface area (TPSA) is 22.0 Å². The lowest BCUT2D eigenvalue weighted by atomic mass is 9.47. The van der Waals surface area contributed by atoms with Crippen molar-refractivity contribution in [3.63, 3.8) is 0 Å². The largest absolute Gasteiger partial charge is 0.320 e. The molecule has 2 aromatic rings. The van der Waals surface area contributed by atoms with E-state index in [4.69, 9.17) is 0 Å². The van der Waals surface area contributed by atoms with Gasteiger partial charge in [0.15, 0.2) is 5.78 Å². The van der Waals surface area contributed by atoms with Gasteiger partial charge in [0.2, 0.25) is 0 Å². The van der Waals surface area contributed by atoms with Crippen LogP contribution in [-0.4, -0.2) is 10.4 Å². The summed E-state index contributed by atoms with van der Waals surface area (Å²) in [6.07, 6.45) is 14.9. The first-order valence-corrected chi connectivity index (χ1v) is 12.5. The normalized spacial score (nSPS) is 36.5. The highest BCUT2D eigenvalue weighted by atomic mass is 16.1. The molecule has 0 spiro atoms. The van der Waals surface area contributed by atoms with Crippen LogP contribution in [0.5, 0.6) is 0 Å². The van der Waals surface area contributed by atoms with Crippen LogP contribution in [0.15, 0.2) is 54.3 Å². The van der Waals surface area contributed by atoms with E-state index >= 15 is 0 Å². The highest BCUT2D eigenvalue weighted by Gasteiger charge is 2.57. The minimum atomic E-state index is 0.265. The Morgan fingerprint density at radius 1 is 0.935 bits per heavy atom. The smallest absolute Gasteiger partial charge is 0.155 e. The molecule has 31 heavy (non-hydrogen) atoms. The number of allylic oxidation sites excluding steroid dienone is 4. The van der Waals surface area contributed by atoms with Crippen LogP contribution in [0.4, 0.5) is 0 Å². The van der Waals surface area contributed by atoms with E-state index in [0.717, 1.165) is 37.0 Å². The molecule has 1 aromatic heterocycles. The number of nitrogens with zero attached hydrogens (tertiary/aromatic N) is 1. The average molecular weight is 416 g/mol. The van der Waals surface area contributed by atoms with Crippen LogP contribution >= 0.6 is 0 Å². The van der Waals surface area contributed by atoms with Crippen molar-refractivity contribution in [1.82, 2.24) is 4.57 Å². The molecule has 0 amide bonds. The number of hydrogen-bond donors (Lipinski definition) is 0. The monoisotopic (exact) mass is 415 g/mol. The first-order valence-electron chi connectivity index (χ1n) is 12.5. The number of rotatable bonds is 1. The van der Waals surface area contributed by atoms with Crippen LogP contribution in [0.25, 0.3) is 16.6 Å². The van der Waals surface area contributed by atoms with Crippen LogP contribution in [-0.2, 0) is 4.79 Å². The zero-order valence-electron chi connectivity index (χ0n) is 19.7. The van der Waals surface area contributed by atoms with Gasteiger partial charge in [0.25, 0.3) is 0 Å². The standard InChI is InChI=1S/C27H31NO.C2H6/c1-26-14-11-20(29)17-19(26)7-8-21-22-9-10-25(27(22,2)15-12-23(21)26)28-16-13-18-5-3-4-6-24(18)28;1-2/h3-6,10,13,16-17,21-23H,7-9,11-12,14-15H2,1-2H3;1-2H3/t21?,22?,23?,26-,27-;/m0./s1. The van der Waals surface area contributed by atoms with Crippen molar-refractivity contribution in [2.24, 2.45) is 28.6 Å². The Kier molecular flexibility index (Phi) is 5.03. The van der Waals surface area contributed by atoms with Crippen molar-refractivity contribution >= 4 is 22.4 Å². The first kappa shape index (κ1) is 20.8. The Morgan fingerprint density at radius 3 is 2.58 bits per heavy atom. The molecule has 2 nitrogen and oxygen atoms in total. The molecule has 4 aliphatic carbocycles. The first-order chi connectivity index (χ1) is 15.0. The summed E-state index contributed by atoms with van der Waals surface area (Å²) in [5.41, 5.74) is 4.88. The van der Waals surface area contributed by atoms with Crippen molar-refractivity contribution in [2.75, 3.05) is 0 Å². The molecule has 2 heteroatoms. The molecule has 2 saturated carbocycles. The van der Waals surface area contributed by atoms with Crippen LogP contribution in [0, 0.1) is 28.6 Å². The van der Waals surface area contributed by atoms with Crippen molar-refractivity contribution in [3.05, 3.63) is 54.3 Å². The molecular formula is C29H37NO. The second-order valence-electron chi connectivity index (χ2n) is 10.5. The molecule has 0 radical (unpaired) electrons. The maximum absolute atomic E-state index is 12.0. The number of hydrogen-bond acceptors (Lipinski definition) is 1. The van der Waals surface area contributed by atoms with Gasteiger partial charge in [-0.25, -0.2) is 0 Å². The minimum absolute atomic E-state index is 0.265. The van der Waals surface area contributed by atoms with E-state index in [1.165, 1.54) is 47.9 Å². The van der Waals surface area contributed by atoms with Crippen molar-refractivity contribution < 1.29 is 4.79 Å². The second kappa shape index (κ2) is 7.50. The third-order valence-electron chi connectivity index (χ3n) is 9.36. The quantitative estimate of drug-likeness (QED) is 0.469. The molecule has 5 atom stereocenters. The molecule has 1 heterocycles. The van der Waals surface area contributed by atoms with Crippen LogP contribution in [0.3, 0.4) is 0 Å². The molecule has 2 fully saturated rings. The van der Waals surface area contributed by atoms with E-state index in [1.807, 2.05) is 19.9 Å². The summed E-state index contributed by atoms with van der Waals surface area (Å²) in [5, 5.41) is 1.33. The maximum atomic E-state index is 12.0. The number of ketones is 1. The van der Waals surface area contributed by atoms with Gasteiger partial charge < -0.3 is 4.57 Å². The molecular weight excluding hydrogens is 378 g/mol. The van der Waals surface area contributed by atoms with E-state index in [2.05, 4.69) is 61.0 Å². The SMILES string of the molecule is CC.C[C@]12CCC(=O)C=C1CCC1C2CC[C@]2(C)C(n3ccc4ccccc43)=CCC12. The fourth-order valence-corrected chi connectivity index (χ4v) is 7.77. The summed E-state index contributed by atoms with van der Waals surface area (Å²) < 4.78 is 2.48. The fourth-order valence-electron chi connectivity index (χ4n) is 7.77. The van der Waals surface area contributed by atoms with Crippen molar-refractivity contribution in [1.29, 1.82) is 0 Å². The summed E-state index contributed by atoms with van der Waals surface area (Å²) in [6.45, 7) is 9.02. The molecule has 0 aliphatic heterocycles. The van der Waals surface area contributed by atoms with Crippen LogP contribution in [0.2, 0.25) is 0 Å². The Morgan fingerprint density at radius 2 is 1.74 bits per heavy atom. The number of aromatic nitrogens is 1. The minimum Gasteiger partial charge on any atom is -0.320 e.